The zero-order valence-electron chi connectivity index (χ0n) is 43.7. The summed E-state index contributed by atoms with van der Waals surface area (Å²) < 4.78 is 34.2. The molecule has 79 heavy (non-hydrogen) atoms. The van der Waals surface area contributed by atoms with Crippen LogP contribution in [-0.2, 0) is 90.6 Å². The van der Waals surface area contributed by atoms with Crippen molar-refractivity contribution >= 4 is 75.7 Å². The highest BCUT2D eigenvalue weighted by atomic mass is 32.2. The van der Waals surface area contributed by atoms with Crippen LogP contribution in [0.5, 0.6) is 0 Å². The Bertz CT molecular complexity index is 3340. The van der Waals surface area contributed by atoms with Gasteiger partial charge in [0, 0.05) is 41.8 Å². The van der Waals surface area contributed by atoms with Crippen LogP contribution in [0.25, 0.3) is 22.3 Å². The molecule has 1 unspecified atom stereocenters. The molecule has 9 rings (SSSR count). The molecule has 0 bridgehead atoms. The maximum absolute atomic E-state index is 15.4. The number of imide groups is 1. The minimum atomic E-state index is -2.02. The number of aliphatic hydroxyl groups is 1. The van der Waals surface area contributed by atoms with Crippen molar-refractivity contribution in [3.05, 3.63) is 127 Å². The summed E-state index contributed by atoms with van der Waals surface area (Å²) in [6, 6.07) is 17.4. The largest absolute Gasteiger partial charge is 0.458 e. The zero-order valence-corrected chi connectivity index (χ0v) is 44.5. The van der Waals surface area contributed by atoms with Crippen LogP contribution in [-0.4, -0.2) is 119 Å². The normalized spacial score (nSPS) is 18.3. The minimum absolute atomic E-state index is 0.0221. The first-order valence-corrected chi connectivity index (χ1v) is 27.2. The summed E-state index contributed by atoms with van der Waals surface area (Å²) in [4.78, 5) is 122. The standard InChI is InChI=1S/C56H59FN8O13S/c1-4-56(75)37-21-41-51-35(27-64(41)53(72)36(37)28-78-55(56)74)50-42(16-15-34-30(2)38(57)22-39(63-51)49(34)50)77-19-18-76-29-61-46(68)25-60-52(71)40(20-32-8-6-5-7-9-32)62-47(69)26-59-45(67)24-58-44(66)17-12-31-10-13-33(14-11-31)65-48(70)23-43(79-3)54(65)73/h5-11,13-14,21-22,40,42-43,75H,4,12,15-20,23-29H2,1-3H3,(H,58,66)(H,59,67)(H,60,71)(H,61,68)(H,62,69)/t40-,42-,43?,56-/m0/s1. The number of pyridine rings is 2. The zero-order chi connectivity index (χ0) is 56.1. The van der Waals surface area contributed by atoms with Gasteiger partial charge in [0.25, 0.3) is 5.56 Å². The van der Waals surface area contributed by atoms with Crippen LogP contribution in [0.1, 0.15) is 83.2 Å². The molecule has 1 aliphatic carbocycles. The predicted molar refractivity (Wildman–Crippen MR) is 285 cm³/mol. The Morgan fingerprint density at radius 2 is 1.61 bits per heavy atom. The molecule has 1 saturated heterocycles. The Morgan fingerprint density at radius 1 is 0.886 bits per heavy atom. The number of halogens is 1. The van der Waals surface area contributed by atoms with Crippen molar-refractivity contribution in [2.75, 3.05) is 50.7 Å². The number of aryl methyl sites for hydroxylation is 2. The third-order valence-corrected chi connectivity index (χ3v) is 15.7. The molecule has 21 nitrogen and oxygen atoms in total. The first kappa shape index (κ1) is 55.9. The quantitative estimate of drug-likeness (QED) is 0.0246. The Morgan fingerprint density at radius 3 is 2.34 bits per heavy atom. The first-order chi connectivity index (χ1) is 38.0. The van der Waals surface area contributed by atoms with Crippen LogP contribution >= 0.6 is 11.8 Å². The Balaban J connectivity index is 0.724. The van der Waals surface area contributed by atoms with E-state index in [9.17, 15) is 48.3 Å². The van der Waals surface area contributed by atoms with Gasteiger partial charge in [-0.25, -0.2) is 19.1 Å². The van der Waals surface area contributed by atoms with Crippen molar-refractivity contribution in [1.29, 1.82) is 0 Å². The summed E-state index contributed by atoms with van der Waals surface area (Å²) in [6.07, 6.45) is 2.80. The van der Waals surface area contributed by atoms with Crippen LogP contribution in [0.2, 0.25) is 0 Å². The molecule has 6 N–H and O–H groups in total. The summed E-state index contributed by atoms with van der Waals surface area (Å²) in [5, 5.41) is 24.3. The lowest BCUT2D eigenvalue weighted by molar-refractivity contribution is -0.172. The number of esters is 1. The summed E-state index contributed by atoms with van der Waals surface area (Å²) >= 11 is 1.33. The topological polar surface area (TPSA) is 283 Å². The van der Waals surface area contributed by atoms with Crippen LogP contribution in [0, 0.1) is 12.7 Å². The predicted octanol–water partition coefficient (Wildman–Crippen LogP) is 2.33. The van der Waals surface area contributed by atoms with Crippen molar-refractivity contribution in [2.24, 2.45) is 0 Å². The number of fused-ring (bicyclic) bond motifs is 5. The van der Waals surface area contributed by atoms with Gasteiger partial charge in [-0.2, -0.15) is 11.8 Å². The molecule has 5 heterocycles. The van der Waals surface area contributed by atoms with Gasteiger partial charge >= 0.3 is 5.97 Å². The van der Waals surface area contributed by atoms with Crippen molar-refractivity contribution < 1.29 is 62.1 Å². The fraction of sp³-hybridized carbons (Fsp3) is 0.393. The summed E-state index contributed by atoms with van der Waals surface area (Å²) in [5.41, 5.74) is 3.80. The molecule has 4 aliphatic rings. The van der Waals surface area contributed by atoms with Crippen LogP contribution in [0.15, 0.2) is 71.5 Å². The summed E-state index contributed by atoms with van der Waals surface area (Å²) in [5.74, 6) is -4.81. The van der Waals surface area contributed by atoms with Gasteiger partial charge in [0.1, 0.15) is 25.2 Å². The lowest BCUT2D eigenvalue weighted by Crippen LogP contribution is -2.52. The van der Waals surface area contributed by atoms with Crippen molar-refractivity contribution in [3.63, 3.8) is 0 Å². The van der Waals surface area contributed by atoms with E-state index in [1.807, 2.05) is 0 Å². The molecule has 0 radical (unpaired) electrons. The van der Waals surface area contributed by atoms with Crippen molar-refractivity contribution in [2.45, 2.75) is 94.9 Å². The number of aromatic nitrogens is 2. The number of benzene rings is 3. The van der Waals surface area contributed by atoms with Gasteiger partial charge in [-0.1, -0.05) is 49.4 Å². The Labute approximate surface area is 456 Å². The fourth-order valence-corrected chi connectivity index (χ4v) is 11.0. The summed E-state index contributed by atoms with van der Waals surface area (Å²) in [6.45, 7) is 1.69. The second-order valence-corrected chi connectivity index (χ2v) is 20.6. The third-order valence-electron chi connectivity index (χ3n) is 14.7. The molecule has 3 aliphatic heterocycles. The van der Waals surface area contributed by atoms with E-state index in [-0.39, 0.29) is 81.7 Å². The lowest BCUT2D eigenvalue weighted by atomic mass is 9.82. The van der Waals surface area contributed by atoms with E-state index >= 15 is 4.39 Å². The highest BCUT2D eigenvalue weighted by Gasteiger charge is 2.46. The number of hydrogen-bond acceptors (Lipinski definition) is 15. The molecular weight excluding hydrogens is 1040 g/mol. The third kappa shape index (κ3) is 11.8. The van der Waals surface area contributed by atoms with Crippen molar-refractivity contribution in [1.82, 2.24) is 36.1 Å². The molecule has 23 heteroatoms. The molecule has 2 aromatic heterocycles. The van der Waals surface area contributed by atoms with Gasteiger partial charge in [0.15, 0.2) is 5.60 Å². The average molecular weight is 1100 g/mol. The molecule has 414 valence electrons. The lowest BCUT2D eigenvalue weighted by Gasteiger charge is -2.31. The molecule has 1 fully saturated rings. The second-order valence-electron chi connectivity index (χ2n) is 19.6. The number of carbonyl (C=O) groups is 8. The molecule has 3 aromatic carbocycles. The van der Waals surface area contributed by atoms with E-state index in [2.05, 4.69) is 26.6 Å². The molecule has 0 spiro atoms. The molecule has 7 amide bonds. The van der Waals surface area contributed by atoms with E-state index in [0.717, 1.165) is 22.1 Å². The monoisotopic (exact) mass is 1100 g/mol. The number of carbonyl (C=O) groups excluding carboxylic acids is 8. The highest BCUT2D eigenvalue weighted by Crippen LogP contribution is 2.47. The number of nitrogens with zero attached hydrogens (tertiary/aromatic N) is 3. The van der Waals surface area contributed by atoms with E-state index in [1.54, 1.807) is 80.8 Å². The number of ether oxygens (including phenoxy) is 3. The number of amides is 7. The number of rotatable bonds is 22. The Hall–Kier alpha value is -7.86. The van der Waals surface area contributed by atoms with Gasteiger partial charge < -0.3 is 50.5 Å². The fourth-order valence-electron chi connectivity index (χ4n) is 10.4. The molecule has 5 aromatic rings. The maximum Gasteiger partial charge on any atom is 0.343 e. The van der Waals surface area contributed by atoms with Gasteiger partial charge in [0.05, 0.1) is 78.9 Å². The Kier molecular flexibility index (Phi) is 17.0. The smallest absolute Gasteiger partial charge is 0.343 e. The SMILES string of the molecule is CC[C@@]1(O)C(=O)OCc2c1cc1n(c2=O)Cc2c-1nc1cc(F)c(C)c3c1c2[C@@H](OCCOCNC(=O)CNC(=O)[C@H](Cc1ccccc1)NC(=O)CNC(=O)CNC(=O)CCc1ccc(N2C(=O)CC(SC)C2=O)cc1)CC3. The number of nitrogens with one attached hydrogen (secondary N) is 5. The van der Waals surface area contributed by atoms with Gasteiger partial charge in [-0.05, 0) is 84.9 Å². The van der Waals surface area contributed by atoms with Gasteiger partial charge in [-0.15, -0.1) is 0 Å². The number of cyclic esters (lactones) is 1. The molecule has 0 saturated carbocycles. The minimum Gasteiger partial charge on any atom is -0.458 e. The van der Waals surface area contributed by atoms with Crippen LogP contribution in [0.4, 0.5) is 10.1 Å². The average Bonchev–Trinajstić information content (AvgIpc) is 4.20. The number of thioether (sulfide) groups is 1. The van der Waals surface area contributed by atoms with Crippen LogP contribution in [0.3, 0.4) is 0 Å². The number of hydrogen-bond donors (Lipinski definition) is 6. The van der Waals surface area contributed by atoms with E-state index in [0.29, 0.717) is 58.5 Å². The maximum atomic E-state index is 15.4. The summed E-state index contributed by atoms with van der Waals surface area (Å²) in [7, 11) is 0. The van der Waals surface area contributed by atoms with Gasteiger partial charge in [0.2, 0.25) is 41.4 Å². The van der Waals surface area contributed by atoms with Gasteiger partial charge in [-0.3, -0.25) is 38.4 Å². The van der Waals surface area contributed by atoms with Crippen LogP contribution < -0.4 is 37.0 Å². The first-order valence-electron chi connectivity index (χ1n) is 25.9. The van der Waals surface area contributed by atoms with Crippen molar-refractivity contribution in [3.8, 4) is 11.4 Å². The van der Waals surface area contributed by atoms with E-state index in [1.165, 1.54) is 27.3 Å². The highest BCUT2D eigenvalue weighted by molar-refractivity contribution is 8.00. The number of anilines is 1. The van der Waals surface area contributed by atoms with E-state index in [4.69, 9.17) is 19.2 Å². The molecular formula is C56H59FN8O13S. The second kappa shape index (κ2) is 24.0. The molecule has 4 atom stereocenters. The van der Waals surface area contributed by atoms with E-state index < -0.39 is 89.5 Å².